The van der Waals surface area contributed by atoms with Crippen LogP contribution in [0.5, 0.6) is 17.2 Å². The average molecular weight is 565 g/mol. The summed E-state index contributed by atoms with van der Waals surface area (Å²) in [6.07, 6.45) is 23.8. The van der Waals surface area contributed by atoms with Crippen molar-refractivity contribution in [1.82, 2.24) is 0 Å². The van der Waals surface area contributed by atoms with Crippen LogP contribution >= 0.6 is 0 Å². The van der Waals surface area contributed by atoms with Gasteiger partial charge < -0.3 is 14.2 Å². The maximum atomic E-state index is 12.6. The minimum Gasteiger partial charge on any atom is -0.494 e. The van der Waals surface area contributed by atoms with E-state index >= 15 is 0 Å². The van der Waals surface area contributed by atoms with Crippen LogP contribution in [0.25, 0.3) is 0 Å². The Balaban J connectivity index is 1.27. The third-order valence-corrected chi connectivity index (χ3v) is 8.60. The summed E-state index contributed by atoms with van der Waals surface area (Å²) in [6, 6.07) is 14.6. The zero-order chi connectivity index (χ0) is 29.0. The molecule has 0 aromatic heterocycles. The Hall–Kier alpha value is -2.49. The Bertz CT molecular complexity index is 934. The molecule has 0 saturated heterocycles. The van der Waals surface area contributed by atoms with Gasteiger partial charge in [0.25, 0.3) is 0 Å². The minimum absolute atomic E-state index is 0.367. The van der Waals surface area contributed by atoms with E-state index in [1.165, 1.54) is 103 Å². The van der Waals surface area contributed by atoms with Crippen LogP contribution in [0.2, 0.25) is 0 Å². The van der Waals surface area contributed by atoms with Crippen LogP contribution in [0, 0.1) is 11.8 Å². The molecule has 0 amide bonds. The number of carbonyl (C=O) groups is 1. The molecule has 0 bridgehead atoms. The number of rotatable bonds is 21. The molecule has 2 aromatic rings. The van der Waals surface area contributed by atoms with Gasteiger partial charge in [-0.3, -0.25) is 0 Å². The van der Waals surface area contributed by atoms with E-state index in [2.05, 4.69) is 13.8 Å². The molecule has 41 heavy (non-hydrogen) atoms. The van der Waals surface area contributed by atoms with Crippen molar-refractivity contribution in [1.29, 1.82) is 0 Å². The molecule has 0 radical (unpaired) electrons. The van der Waals surface area contributed by atoms with Gasteiger partial charge in [-0.2, -0.15) is 0 Å². The second-order valence-electron chi connectivity index (χ2n) is 12.0. The van der Waals surface area contributed by atoms with E-state index in [1.807, 2.05) is 24.3 Å². The highest BCUT2D eigenvalue weighted by Gasteiger charge is 2.23. The molecular formula is C37H56O4. The molecule has 1 aliphatic carbocycles. The second kappa shape index (κ2) is 20.4. The highest BCUT2D eigenvalue weighted by Crippen LogP contribution is 2.36. The normalized spacial score (nSPS) is 16.8. The van der Waals surface area contributed by atoms with Gasteiger partial charge in [-0.05, 0) is 79.6 Å². The van der Waals surface area contributed by atoms with Crippen molar-refractivity contribution in [3.05, 3.63) is 54.1 Å². The number of benzene rings is 2. The number of carbonyl (C=O) groups excluding carboxylic acids is 1. The van der Waals surface area contributed by atoms with E-state index in [0.717, 1.165) is 42.8 Å². The molecule has 4 nitrogen and oxygen atoms in total. The van der Waals surface area contributed by atoms with Crippen molar-refractivity contribution in [2.75, 3.05) is 13.2 Å². The first-order chi connectivity index (χ1) is 20.2. The summed E-state index contributed by atoms with van der Waals surface area (Å²) in [6.45, 7) is 6.03. The third kappa shape index (κ3) is 13.4. The van der Waals surface area contributed by atoms with Gasteiger partial charge in [0, 0.05) is 0 Å². The monoisotopic (exact) mass is 564 g/mol. The highest BCUT2D eigenvalue weighted by molar-refractivity contribution is 5.91. The Morgan fingerprint density at radius 2 is 1.07 bits per heavy atom. The zero-order valence-electron chi connectivity index (χ0n) is 26.0. The summed E-state index contributed by atoms with van der Waals surface area (Å²) in [4.78, 5) is 12.6. The summed E-state index contributed by atoms with van der Waals surface area (Å²) in [5.74, 6) is 3.56. The minimum atomic E-state index is -0.367. The Kier molecular flexibility index (Phi) is 16.4. The van der Waals surface area contributed by atoms with Gasteiger partial charge in [0.15, 0.2) is 0 Å². The van der Waals surface area contributed by atoms with Gasteiger partial charge in [0.1, 0.15) is 17.2 Å². The Morgan fingerprint density at radius 1 is 0.585 bits per heavy atom. The molecular weight excluding hydrogens is 508 g/mol. The summed E-state index contributed by atoms with van der Waals surface area (Å²) in [5.41, 5.74) is 0.515. The average Bonchev–Trinajstić information content (AvgIpc) is 3.00. The molecule has 1 fully saturated rings. The fourth-order valence-electron chi connectivity index (χ4n) is 6.19. The van der Waals surface area contributed by atoms with Crippen LogP contribution in [0.15, 0.2) is 48.5 Å². The maximum absolute atomic E-state index is 12.6. The maximum Gasteiger partial charge on any atom is 0.343 e. The van der Waals surface area contributed by atoms with Crippen molar-refractivity contribution in [2.45, 2.75) is 129 Å². The summed E-state index contributed by atoms with van der Waals surface area (Å²) >= 11 is 0. The molecule has 4 heteroatoms. The molecule has 0 spiro atoms. The molecule has 1 saturated carbocycles. The lowest BCUT2D eigenvalue weighted by Crippen LogP contribution is -2.20. The molecule has 0 aliphatic heterocycles. The van der Waals surface area contributed by atoms with Crippen molar-refractivity contribution < 1.29 is 19.0 Å². The predicted octanol–water partition coefficient (Wildman–Crippen LogP) is 11.0. The number of hydrogen-bond donors (Lipinski definition) is 0. The summed E-state index contributed by atoms with van der Waals surface area (Å²) in [7, 11) is 0. The van der Waals surface area contributed by atoms with Gasteiger partial charge in [0.2, 0.25) is 0 Å². The van der Waals surface area contributed by atoms with Gasteiger partial charge in [-0.1, -0.05) is 110 Å². The van der Waals surface area contributed by atoms with Crippen LogP contribution in [0.3, 0.4) is 0 Å². The van der Waals surface area contributed by atoms with E-state index in [-0.39, 0.29) is 5.97 Å². The highest BCUT2D eigenvalue weighted by atomic mass is 16.5. The van der Waals surface area contributed by atoms with E-state index in [0.29, 0.717) is 17.9 Å². The van der Waals surface area contributed by atoms with Crippen LogP contribution in [0.1, 0.15) is 140 Å². The first kappa shape index (κ1) is 33.0. The fourth-order valence-corrected chi connectivity index (χ4v) is 6.19. The number of unbranched alkanes of at least 4 members (excludes halogenated alkanes) is 9. The lowest BCUT2D eigenvalue weighted by Gasteiger charge is -2.31. The second-order valence-corrected chi connectivity index (χ2v) is 12.0. The third-order valence-electron chi connectivity index (χ3n) is 8.60. The largest absolute Gasteiger partial charge is 0.494 e. The molecule has 1 aliphatic rings. The summed E-state index contributed by atoms with van der Waals surface area (Å²) < 4.78 is 17.4. The van der Waals surface area contributed by atoms with Crippen molar-refractivity contribution >= 4 is 5.97 Å². The molecule has 2 unspecified atom stereocenters. The van der Waals surface area contributed by atoms with Gasteiger partial charge in [0.05, 0.1) is 18.8 Å². The molecule has 2 aromatic carbocycles. The Labute approximate surface area is 250 Å². The van der Waals surface area contributed by atoms with Gasteiger partial charge in [-0.25, -0.2) is 4.79 Å². The SMILES string of the molecule is CCCCCCCCCCCCOc1ccc(C(=O)Oc2ccc(OCCCC3CCCCC3CCC)cc2)cc1. The van der Waals surface area contributed by atoms with Crippen LogP contribution in [0.4, 0.5) is 0 Å². The lowest BCUT2D eigenvalue weighted by atomic mass is 9.75. The fraction of sp³-hybridized carbons (Fsp3) is 0.649. The molecule has 0 N–H and O–H groups in total. The topological polar surface area (TPSA) is 44.8 Å². The first-order valence-electron chi connectivity index (χ1n) is 16.9. The predicted molar refractivity (Wildman–Crippen MR) is 170 cm³/mol. The van der Waals surface area contributed by atoms with Crippen molar-refractivity contribution in [3.63, 3.8) is 0 Å². The number of ether oxygens (including phenoxy) is 3. The standard InChI is InChI=1S/C37H56O4/c1-3-5-6-7-8-9-10-11-12-15-29-39-34-23-21-33(22-24-34)37(38)41-36-27-25-35(26-28-36)40-30-16-20-32-19-14-13-18-31(32)17-4-2/h21-28,31-32H,3-20,29-30H2,1-2H3. The van der Waals surface area contributed by atoms with Crippen LogP contribution in [-0.4, -0.2) is 19.2 Å². The Morgan fingerprint density at radius 3 is 1.66 bits per heavy atom. The first-order valence-corrected chi connectivity index (χ1v) is 16.9. The smallest absolute Gasteiger partial charge is 0.343 e. The van der Waals surface area contributed by atoms with Gasteiger partial charge >= 0.3 is 5.97 Å². The lowest BCUT2D eigenvalue weighted by molar-refractivity contribution is 0.0734. The quantitative estimate of drug-likeness (QED) is 0.0859. The van der Waals surface area contributed by atoms with E-state index in [9.17, 15) is 4.79 Å². The summed E-state index contributed by atoms with van der Waals surface area (Å²) in [5, 5.41) is 0. The zero-order valence-corrected chi connectivity index (χ0v) is 26.0. The van der Waals surface area contributed by atoms with Crippen molar-refractivity contribution in [2.24, 2.45) is 11.8 Å². The van der Waals surface area contributed by atoms with E-state index in [1.54, 1.807) is 24.3 Å². The van der Waals surface area contributed by atoms with E-state index in [4.69, 9.17) is 14.2 Å². The van der Waals surface area contributed by atoms with Crippen LogP contribution in [-0.2, 0) is 0 Å². The molecule has 0 heterocycles. The molecule has 3 rings (SSSR count). The van der Waals surface area contributed by atoms with Crippen molar-refractivity contribution in [3.8, 4) is 17.2 Å². The van der Waals surface area contributed by atoms with Crippen LogP contribution < -0.4 is 14.2 Å². The number of esters is 1. The molecule has 228 valence electrons. The number of hydrogen-bond acceptors (Lipinski definition) is 4. The van der Waals surface area contributed by atoms with E-state index < -0.39 is 0 Å². The molecule has 2 atom stereocenters. The van der Waals surface area contributed by atoms with Gasteiger partial charge in [-0.15, -0.1) is 0 Å².